The molecule has 0 bridgehead atoms. The van der Waals surface area contributed by atoms with E-state index in [1.54, 1.807) is 0 Å². The first kappa shape index (κ1) is 7.91. The zero-order chi connectivity index (χ0) is 6.57. The third-order valence-corrected chi connectivity index (χ3v) is 1.06. The van der Waals surface area contributed by atoms with Crippen molar-refractivity contribution in [2.24, 2.45) is 0 Å². The Morgan fingerprint density at radius 3 is 2.25 bits per heavy atom. The SMILES string of the molecule is O=C(O)CO[As](O)O. The van der Waals surface area contributed by atoms with Crippen molar-refractivity contribution in [2.45, 2.75) is 0 Å². The molecule has 0 heterocycles. The normalized spacial score (nSPS) is 9.88. The minimum atomic E-state index is -3.16. The van der Waals surface area contributed by atoms with Crippen LogP contribution >= 0.6 is 0 Å². The topological polar surface area (TPSA) is 87.0 Å². The fourth-order valence-electron chi connectivity index (χ4n) is 0.113. The van der Waals surface area contributed by atoms with Crippen LogP contribution in [0.2, 0.25) is 0 Å². The first-order chi connectivity index (χ1) is 3.63. The Bertz CT molecular complexity index is 80.5. The van der Waals surface area contributed by atoms with E-state index in [2.05, 4.69) is 3.73 Å². The third-order valence-electron chi connectivity index (χ3n) is 0.303. The fourth-order valence-corrected chi connectivity index (χ4v) is 0.587. The summed E-state index contributed by atoms with van der Waals surface area (Å²) in [6.07, 6.45) is 0. The van der Waals surface area contributed by atoms with Gasteiger partial charge in [-0.3, -0.25) is 0 Å². The second-order valence-corrected chi connectivity index (χ2v) is 2.52. The summed E-state index contributed by atoms with van der Waals surface area (Å²) < 4.78 is 20.0. The molecule has 5 nitrogen and oxygen atoms in total. The van der Waals surface area contributed by atoms with E-state index in [0.29, 0.717) is 0 Å². The van der Waals surface area contributed by atoms with E-state index in [-0.39, 0.29) is 0 Å². The van der Waals surface area contributed by atoms with Gasteiger partial charge in [0, 0.05) is 0 Å². The van der Waals surface area contributed by atoms with Crippen LogP contribution < -0.4 is 0 Å². The number of carbonyl (C=O) groups is 1. The Balaban J connectivity index is 3.05. The molecule has 0 aromatic rings. The van der Waals surface area contributed by atoms with E-state index in [4.69, 9.17) is 13.3 Å². The summed E-state index contributed by atoms with van der Waals surface area (Å²) in [5.41, 5.74) is 0. The van der Waals surface area contributed by atoms with Gasteiger partial charge in [0.1, 0.15) is 0 Å². The molecule has 48 valence electrons. The molecule has 0 saturated carbocycles. The van der Waals surface area contributed by atoms with Crippen molar-refractivity contribution in [3.05, 3.63) is 0 Å². The van der Waals surface area contributed by atoms with Crippen LogP contribution in [-0.4, -0.2) is 41.5 Å². The molecular weight excluding hydrogens is 179 g/mol. The van der Waals surface area contributed by atoms with E-state index in [1.807, 2.05) is 0 Å². The second-order valence-electron chi connectivity index (χ2n) is 0.920. The minimum absolute atomic E-state index is 0.632. The van der Waals surface area contributed by atoms with Crippen molar-refractivity contribution < 1.29 is 21.8 Å². The molecule has 0 spiro atoms. The Kier molecular flexibility index (Phi) is 3.81. The first-order valence-corrected chi connectivity index (χ1v) is 4.10. The van der Waals surface area contributed by atoms with Crippen LogP contribution in [0.3, 0.4) is 0 Å². The van der Waals surface area contributed by atoms with E-state index in [0.717, 1.165) is 0 Å². The van der Waals surface area contributed by atoms with Gasteiger partial charge in [-0.05, 0) is 0 Å². The quantitative estimate of drug-likeness (QED) is 0.444. The van der Waals surface area contributed by atoms with Crippen LogP contribution in [0.4, 0.5) is 0 Å². The fraction of sp³-hybridized carbons (Fsp3) is 0.500. The van der Waals surface area contributed by atoms with Crippen LogP contribution in [0.25, 0.3) is 0 Å². The van der Waals surface area contributed by atoms with Gasteiger partial charge in [-0.15, -0.1) is 0 Å². The molecule has 0 amide bonds. The molecule has 3 N–H and O–H groups in total. The standard InChI is InChI=1S/C2H5AsO5/c4-2(5)1-8-3(6)7/h6-7H,1H2,(H,4,5). The van der Waals surface area contributed by atoms with Crippen molar-refractivity contribution in [3.8, 4) is 0 Å². The zero-order valence-corrected chi connectivity index (χ0v) is 5.69. The van der Waals surface area contributed by atoms with Crippen molar-refractivity contribution >= 4 is 21.6 Å². The molecule has 6 heteroatoms. The summed E-state index contributed by atoms with van der Waals surface area (Å²) in [4.78, 5) is 9.58. The Labute approximate surface area is 50.8 Å². The maximum atomic E-state index is 9.58. The van der Waals surface area contributed by atoms with Crippen LogP contribution in [0.1, 0.15) is 0 Å². The van der Waals surface area contributed by atoms with Gasteiger partial charge >= 0.3 is 50.1 Å². The molecule has 0 aromatic heterocycles. The molecule has 0 aliphatic carbocycles. The van der Waals surface area contributed by atoms with Gasteiger partial charge in [0.25, 0.3) is 0 Å². The van der Waals surface area contributed by atoms with Crippen molar-refractivity contribution in [1.82, 2.24) is 0 Å². The Hall–Kier alpha value is -0.0916. The molecule has 0 unspecified atom stereocenters. The number of rotatable bonds is 3. The molecule has 8 heavy (non-hydrogen) atoms. The van der Waals surface area contributed by atoms with E-state index >= 15 is 0 Å². The average molecular weight is 184 g/mol. The summed E-state index contributed by atoms with van der Waals surface area (Å²) in [7, 11) is 0. The Morgan fingerprint density at radius 1 is 1.62 bits per heavy atom. The van der Waals surface area contributed by atoms with Gasteiger partial charge in [-0.2, -0.15) is 0 Å². The summed E-state index contributed by atoms with van der Waals surface area (Å²) in [6, 6.07) is 0. The number of carboxylic acid groups (broad SMARTS) is 1. The number of hydrogen-bond donors (Lipinski definition) is 3. The summed E-state index contributed by atoms with van der Waals surface area (Å²) >= 11 is -3.16. The van der Waals surface area contributed by atoms with Crippen molar-refractivity contribution in [1.29, 1.82) is 0 Å². The van der Waals surface area contributed by atoms with Crippen LogP contribution in [0, 0.1) is 0 Å². The molecule has 0 aliphatic rings. The molecule has 0 rings (SSSR count). The number of aliphatic carboxylic acids is 1. The van der Waals surface area contributed by atoms with Gasteiger partial charge in [0.2, 0.25) is 0 Å². The molecule has 0 aromatic carbocycles. The molecule has 0 atom stereocenters. The third kappa shape index (κ3) is 5.91. The average Bonchev–Trinajstić information content (AvgIpc) is 1.61. The molecule has 0 saturated heterocycles. The first-order valence-electron chi connectivity index (χ1n) is 1.65. The van der Waals surface area contributed by atoms with Crippen molar-refractivity contribution in [3.63, 3.8) is 0 Å². The monoisotopic (exact) mass is 184 g/mol. The van der Waals surface area contributed by atoms with Gasteiger partial charge < -0.3 is 0 Å². The number of carboxylic acids is 1. The molecule has 0 aliphatic heterocycles. The van der Waals surface area contributed by atoms with Gasteiger partial charge in [0.15, 0.2) is 0 Å². The Morgan fingerprint density at radius 2 is 2.12 bits per heavy atom. The summed E-state index contributed by atoms with van der Waals surface area (Å²) in [5, 5.41) is 7.84. The van der Waals surface area contributed by atoms with Gasteiger partial charge in [0.05, 0.1) is 0 Å². The maximum absolute atomic E-state index is 9.58. The van der Waals surface area contributed by atoms with E-state index in [1.165, 1.54) is 0 Å². The summed E-state index contributed by atoms with van der Waals surface area (Å²) in [6.45, 7) is -0.632. The second kappa shape index (κ2) is 3.86. The van der Waals surface area contributed by atoms with Crippen molar-refractivity contribution in [2.75, 3.05) is 6.61 Å². The molecule has 0 fully saturated rings. The molecule has 0 radical (unpaired) electrons. The van der Waals surface area contributed by atoms with Crippen LogP contribution in [-0.2, 0) is 8.52 Å². The van der Waals surface area contributed by atoms with Gasteiger partial charge in [-0.25, -0.2) is 0 Å². The van der Waals surface area contributed by atoms with E-state index < -0.39 is 28.3 Å². The predicted octanol–water partition coefficient (Wildman–Crippen LogP) is -1.94. The summed E-state index contributed by atoms with van der Waals surface area (Å²) in [5.74, 6) is -1.20. The van der Waals surface area contributed by atoms with Gasteiger partial charge in [-0.1, -0.05) is 0 Å². The molecular formula is C2H5AsO5. The number of hydrogen-bond acceptors (Lipinski definition) is 4. The van der Waals surface area contributed by atoms with Crippen LogP contribution in [0.5, 0.6) is 0 Å². The predicted molar refractivity (Wildman–Crippen MR) is 23.8 cm³/mol. The van der Waals surface area contributed by atoms with Crippen LogP contribution in [0.15, 0.2) is 0 Å². The van der Waals surface area contributed by atoms with E-state index in [9.17, 15) is 4.79 Å². The zero-order valence-electron chi connectivity index (χ0n) is 3.81.